The number of hydrogen-bond acceptors (Lipinski definition) is 2. The molecule has 0 spiro atoms. The molecule has 0 aromatic rings. The molecule has 0 aliphatic carbocycles. The maximum Gasteiger partial charge on any atom is 0.191 e. The van der Waals surface area contributed by atoms with E-state index in [4.69, 9.17) is 0 Å². The fourth-order valence-electron chi connectivity index (χ4n) is 0.596. The van der Waals surface area contributed by atoms with Gasteiger partial charge in [0.15, 0.2) is 5.12 Å². The second-order valence-corrected chi connectivity index (χ2v) is 2.96. The van der Waals surface area contributed by atoms with E-state index in [0.717, 1.165) is 12.2 Å². The Morgan fingerprint density at radius 3 is 2.71 bits per heavy atom. The minimum atomic E-state index is 0.338. The molecule has 0 saturated carbocycles. The lowest BCUT2D eigenvalue weighted by Crippen LogP contribution is -1.95. The number of rotatable bonds is 0. The molecule has 0 N–H and O–H groups in total. The van der Waals surface area contributed by atoms with Crippen LogP contribution in [-0.2, 0) is 4.79 Å². The molecule has 1 rings (SSSR count). The van der Waals surface area contributed by atoms with E-state index in [0.29, 0.717) is 11.0 Å². The zero-order chi connectivity index (χ0) is 5.28. The van der Waals surface area contributed by atoms with Gasteiger partial charge in [0.1, 0.15) is 0 Å². The van der Waals surface area contributed by atoms with Crippen molar-refractivity contribution in [3.63, 3.8) is 0 Å². The summed E-state index contributed by atoms with van der Waals surface area (Å²) in [6.07, 6.45) is 1.09. The van der Waals surface area contributed by atoms with Gasteiger partial charge in [-0.15, -0.1) is 0 Å². The van der Waals surface area contributed by atoms with Crippen LogP contribution in [0.15, 0.2) is 0 Å². The van der Waals surface area contributed by atoms with Crippen LogP contribution in [-0.4, -0.2) is 10.9 Å². The van der Waals surface area contributed by atoms with E-state index in [1.807, 2.05) is 6.92 Å². The standard InChI is InChI=1S/C5H8OS/c1-4-2-3-7-5(4)6/h4H,2-3H2,1H3/t4-/m1/s1. The normalized spacial score (nSPS) is 31.6. The molecule has 0 unspecified atom stereocenters. The minimum absolute atomic E-state index is 0.338. The van der Waals surface area contributed by atoms with Crippen LogP contribution in [0.2, 0.25) is 0 Å². The smallest absolute Gasteiger partial charge is 0.191 e. The fourth-order valence-corrected chi connectivity index (χ4v) is 1.67. The Kier molecular flexibility index (Phi) is 1.38. The minimum Gasteiger partial charge on any atom is -0.287 e. The van der Waals surface area contributed by atoms with Crippen LogP contribution in [0.5, 0.6) is 0 Å². The Morgan fingerprint density at radius 1 is 1.86 bits per heavy atom. The maximum atomic E-state index is 10.5. The highest BCUT2D eigenvalue weighted by molar-refractivity contribution is 8.14. The van der Waals surface area contributed by atoms with Crippen molar-refractivity contribution in [2.45, 2.75) is 13.3 Å². The van der Waals surface area contributed by atoms with Gasteiger partial charge in [-0.25, -0.2) is 0 Å². The molecular formula is C5H8OS. The Morgan fingerprint density at radius 2 is 2.57 bits per heavy atom. The van der Waals surface area contributed by atoms with Crippen molar-refractivity contribution in [2.75, 3.05) is 5.75 Å². The van der Waals surface area contributed by atoms with Crippen LogP contribution in [0.1, 0.15) is 13.3 Å². The maximum absolute atomic E-state index is 10.5. The lowest BCUT2D eigenvalue weighted by atomic mass is 10.2. The topological polar surface area (TPSA) is 17.1 Å². The third-order valence-electron chi connectivity index (χ3n) is 1.20. The van der Waals surface area contributed by atoms with Gasteiger partial charge in [-0.1, -0.05) is 18.7 Å². The first-order chi connectivity index (χ1) is 3.30. The molecule has 2 heteroatoms. The molecule has 0 aromatic carbocycles. The lowest BCUT2D eigenvalue weighted by Gasteiger charge is -1.89. The summed E-state index contributed by atoms with van der Waals surface area (Å²) in [4.78, 5) is 10.5. The summed E-state index contributed by atoms with van der Waals surface area (Å²) < 4.78 is 0. The molecule has 0 aromatic heterocycles. The largest absolute Gasteiger partial charge is 0.287 e. The van der Waals surface area contributed by atoms with E-state index in [2.05, 4.69) is 0 Å². The van der Waals surface area contributed by atoms with E-state index in [9.17, 15) is 4.79 Å². The van der Waals surface area contributed by atoms with E-state index in [1.165, 1.54) is 11.8 Å². The molecule has 40 valence electrons. The van der Waals surface area contributed by atoms with Crippen molar-refractivity contribution in [1.82, 2.24) is 0 Å². The summed E-state index contributed by atoms with van der Waals surface area (Å²) >= 11 is 1.47. The molecule has 1 heterocycles. The van der Waals surface area contributed by atoms with Crippen LogP contribution < -0.4 is 0 Å². The monoisotopic (exact) mass is 116 g/mol. The Balaban J connectivity index is 2.48. The molecule has 1 nitrogen and oxygen atoms in total. The first-order valence-electron chi connectivity index (χ1n) is 2.47. The first kappa shape index (κ1) is 5.16. The van der Waals surface area contributed by atoms with Gasteiger partial charge >= 0.3 is 0 Å². The summed E-state index contributed by atoms with van der Waals surface area (Å²) in [6.45, 7) is 1.99. The predicted molar refractivity (Wildman–Crippen MR) is 31.2 cm³/mol. The number of thioether (sulfide) groups is 1. The molecule has 7 heavy (non-hydrogen) atoms. The molecule has 1 aliphatic rings. The average Bonchev–Trinajstić information content (AvgIpc) is 1.91. The third kappa shape index (κ3) is 0.969. The van der Waals surface area contributed by atoms with Crippen molar-refractivity contribution in [2.24, 2.45) is 5.92 Å². The lowest BCUT2D eigenvalue weighted by molar-refractivity contribution is -0.113. The highest BCUT2D eigenvalue weighted by Gasteiger charge is 2.19. The van der Waals surface area contributed by atoms with Gasteiger partial charge in [-0.2, -0.15) is 0 Å². The van der Waals surface area contributed by atoms with Crippen LogP contribution in [0, 0.1) is 5.92 Å². The van der Waals surface area contributed by atoms with Gasteiger partial charge in [0.25, 0.3) is 0 Å². The summed E-state index contributed by atoms with van der Waals surface area (Å²) in [5.74, 6) is 1.38. The summed E-state index contributed by atoms with van der Waals surface area (Å²) in [5, 5.41) is 0.375. The summed E-state index contributed by atoms with van der Waals surface area (Å²) in [5.41, 5.74) is 0. The van der Waals surface area contributed by atoms with Crippen molar-refractivity contribution >= 4 is 16.9 Å². The molecule has 0 radical (unpaired) electrons. The number of hydrogen-bond donors (Lipinski definition) is 0. The van der Waals surface area contributed by atoms with Gasteiger partial charge in [0.2, 0.25) is 0 Å². The van der Waals surface area contributed by atoms with Crippen LogP contribution in [0.3, 0.4) is 0 Å². The molecule has 1 aliphatic heterocycles. The second-order valence-electron chi connectivity index (χ2n) is 1.86. The number of carbonyl (C=O) groups is 1. The van der Waals surface area contributed by atoms with Crippen molar-refractivity contribution in [1.29, 1.82) is 0 Å². The van der Waals surface area contributed by atoms with E-state index in [1.54, 1.807) is 0 Å². The Labute approximate surface area is 47.5 Å². The zero-order valence-electron chi connectivity index (χ0n) is 4.31. The summed E-state index contributed by atoms with van der Waals surface area (Å²) in [6, 6.07) is 0. The van der Waals surface area contributed by atoms with E-state index >= 15 is 0 Å². The molecule has 1 saturated heterocycles. The van der Waals surface area contributed by atoms with Gasteiger partial charge in [-0.05, 0) is 6.42 Å². The molecule has 1 fully saturated rings. The highest BCUT2D eigenvalue weighted by Crippen LogP contribution is 2.24. The molecular weight excluding hydrogens is 108 g/mol. The van der Waals surface area contributed by atoms with Gasteiger partial charge < -0.3 is 0 Å². The SMILES string of the molecule is C[C@@H]1CCSC1=O. The first-order valence-corrected chi connectivity index (χ1v) is 3.46. The van der Waals surface area contributed by atoms with Crippen molar-refractivity contribution in [3.05, 3.63) is 0 Å². The predicted octanol–water partition coefficient (Wildman–Crippen LogP) is 1.29. The quantitative estimate of drug-likeness (QED) is 0.474. The Bertz CT molecular complexity index is 90.1. The van der Waals surface area contributed by atoms with Gasteiger partial charge in [0, 0.05) is 11.7 Å². The van der Waals surface area contributed by atoms with Gasteiger partial charge in [0.05, 0.1) is 0 Å². The number of carbonyl (C=O) groups excluding carboxylic acids is 1. The Hall–Kier alpha value is 0.0200. The molecule has 0 amide bonds. The van der Waals surface area contributed by atoms with Crippen LogP contribution in [0.25, 0.3) is 0 Å². The summed E-state index contributed by atoms with van der Waals surface area (Å²) in [7, 11) is 0. The third-order valence-corrected chi connectivity index (χ3v) is 2.32. The average molecular weight is 116 g/mol. The van der Waals surface area contributed by atoms with E-state index < -0.39 is 0 Å². The van der Waals surface area contributed by atoms with E-state index in [-0.39, 0.29) is 0 Å². The molecule has 1 atom stereocenters. The van der Waals surface area contributed by atoms with Crippen LogP contribution >= 0.6 is 11.8 Å². The van der Waals surface area contributed by atoms with Crippen molar-refractivity contribution < 1.29 is 4.79 Å². The highest BCUT2D eigenvalue weighted by atomic mass is 32.2. The zero-order valence-corrected chi connectivity index (χ0v) is 5.12. The second kappa shape index (κ2) is 1.86. The fraction of sp³-hybridized carbons (Fsp3) is 0.800. The van der Waals surface area contributed by atoms with Gasteiger partial charge in [-0.3, -0.25) is 4.79 Å². The van der Waals surface area contributed by atoms with Crippen LogP contribution in [0.4, 0.5) is 0 Å². The van der Waals surface area contributed by atoms with Crippen molar-refractivity contribution in [3.8, 4) is 0 Å². The molecule has 0 bridgehead atoms.